The summed E-state index contributed by atoms with van der Waals surface area (Å²) < 4.78 is 26.7. The maximum Gasteiger partial charge on any atom is 0.250 e. The molecule has 0 radical (unpaired) electrons. The minimum Gasteiger partial charge on any atom is -0.207 e. The van der Waals surface area contributed by atoms with Gasteiger partial charge >= 0.3 is 0 Å². The molecule has 1 aliphatic carbocycles. The molecule has 0 atom stereocenters. The Morgan fingerprint density at radius 2 is 2.06 bits per heavy atom. The summed E-state index contributed by atoms with van der Waals surface area (Å²) in [5.74, 6) is 0. The summed E-state index contributed by atoms with van der Waals surface area (Å²) in [6, 6.07) is 5.03. The van der Waals surface area contributed by atoms with E-state index in [0.717, 1.165) is 37.0 Å². The topological polar surface area (TPSA) is 70.0 Å². The molecule has 1 heterocycles. The van der Waals surface area contributed by atoms with Gasteiger partial charge in [-0.1, -0.05) is 12.8 Å². The second kappa shape index (κ2) is 4.53. The van der Waals surface area contributed by atoms with Gasteiger partial charge in [0.2, 0.25) is 10.0 Å². The first-order chi connectivity index (χ1) is 7.62. The highest BCUT2D eigenvalue weighted by Gasteiger charge is 2.23. The van der Waals surface area contributed by atoms with Crippen LogP contribution in [-0.4, -0.2) is 14.5 Å². The molecule has 1 saturated carbocycles. The summed E-state index contributed by atoms with van der Waals surface area (Å²) in [4.78, 5) is 0.423. The van der Waals surface area contributed by atoms with Gasteiger partial charge in [-0.05, 0) is 25.0 Å². The molecule has 16 heavy (non-hydrogen) atoms. The van der Waals surface area contributed by atoms with Crippen molar-refractivity contribution in [3.8, 4) is 6.07 Å². The molecule has 0 amide bonds. The number of sulfonamides is 1. The van der Waals surface area contributed by atoms with Gasteiger partial charge in [-0.3, -0.25) is 0 Å². The predicted molar refractivity (Wildman–Crippen MR) is 61.6 cm³/mol. The number of rotatable bonds is 3. The molecule has 0 saturated heterocycles. The predicted octanol–water partition coefficient (Wildman–Crippen LogP) is 1.84. The minimum atomic E-state index is -3.42. The summed E-state index contributed by atoms with van der Waals surface area (Å²) in [5.41, 5.74) is 0. The van der Waals surface area contributed by atoms with Crippen molar-refractivity contribution in [2.24, 2.45) is 0 Å². The molecule has 1 N–H and O–H groups in total. The van der Waals surface area contributed by atoms with Crippen LogP contribution in [0.2, 0.25) is 0 Å². The molecule has 1 aromatic rings. The Morgan fingerprint density at radius 1 is 1.38 bits per heavy atom. The highest BCUT2D eigenvalue weighted by atomic mass is 32.2. The molecule has 4 nitrogen and oxygen atoms in total. The van der Waals surface area contributed by atoms with Gasteiger partial charge in [-0.15, -0.1) is 11.3 Å². The molecule has 0 aromatic carbocycles. The molecular formula is C10H12N2O2S2. The zero-order valence-corrected chi connectivity index (χ0v) is 10.3. The second-order valence-electron chi connectivity index (χ2n) is 3.83. The van der Waals surface area contributed by atoms with Gasteiger partial charge in [0.1, 0.15) is 15.2 Å². The quantitative estimate of drug-likeness (QED) is 0.897. The maximum atomic E-state index is 11.9. The van der Waals surface area contributed by atoms with Crippen molar-refractivity contribution in [1.82, 2.24) is 4.72 Å². The summed E-state index contributed by atoms with van der Waals surface area (Å²) in [6.07, 6.45) is 3.99. The Morgan fingerprint density at radius 3 is 2.62 bits per heavy atom. The van der Waals surface area contributed by atoms with Crippen LogP contribution in [0.4, 0.5) is 0 Å². The third-order valence-electron chi connectivity index (χ3n) is 2.63. The van der Waals surface area contributed by atoms with Crippen LogP contribution in [0.25, 0.3) is 0 Å². The lowest BCUT2D eigenvalue weighted by Crippen LogP contribution is -2.32. The first-order valence-electron chi connectivity index (χ1n) is 5.14. The highest BCUT2D eigenvalue weighted by Crippen LogP contribution is 2.24. The van der Waals surface area contributed by atoms with Crippen LogP contribution in [0.5, 0.6) is 0 Å². The van der Waals surface area contributed by atoms with E-state index in [9.17, 15) is 8.42 Å². The zero-order chi connectivity index (χ0) is 11.6. The Labute approximate surface area is 99.0 Å². The number of hydrogen-bond acceptors (Lipinski definition) is 4. The van der Waals surface area contributed by atoms with Crippen LogP contribution >= 0.6 is 11.3 Å². The Balaban J connectivity index is 2.15. The van der Waals surface area contributed by atoms with Crippen molar-refractivity contribution in [2.75, 3.05) is 0 Å². The van der Waals surface area contributed by atoms with E-state index in [0.29, 0.717) is 4.88 Å². The van der Waals surface area contributed by atoms with Gasteiger partial charge in [-0.25, -0.2) is 13.1 Å². The molecule has 0 bridgehead atoms. The van der Waals surface area contributed by atoms with E-state index in [1.165, 1.54) is 12.1 Å². The highest BCUT2D eigenvalue weighted by molar-refractivity contribution is 7.91. The van der Waals surface area contributed by atoms with Crippen LogP contribution in [0.15, 0.2) is 16.3 Å². The van der Waals surface area contributed by atoms with Crippen molar-refractivity contribution >= 4 is 21.4 Å². The molecule has 1 aliphatic rings. The first kappa shape index (κ1) is 11.6. The molecule has 0 unspecified atom stereocenters. The third-order valence-corrected chi connectivity index (χ3v) is 5.64. The van der Waals surface area contributed by atoms with E-state index in [4.69, 9.17) is 5.26 Å². The number of nitriles is 1. The number of hydrogen-bond donors (Lipinski definition) is 1. The van der Waals surface area contributed by atoms with Gasteiger partial charge in [0.25, 0.3) is 0 Å². The summed E-state index contributed by atoms with van der Waals surface area (Å²) in [7, 11) is -3.42. The van der Waals surface area contributed by atoms with Gasteiger partial charge in [0, 0.05) is 6.04 Å². The van der Waals surface area contributed by atoms with Crippen LogP contribution in [-0.2, 0) is 10.0 Å². The minimum absolute atomic E-state index is 0.0673. The SMILES string of the molecule is N#Cc1ccc(S(=O)(=O)NC2CCCC2)s1. The molecule has 0 spiro atoms. The van der Waals surface area contributed by atoms with Gasteiger partial charge in [-0.2, -0.15) is 5.26 Å². The zero-order valence-electron chi connectivity index (χ0n) is 8.64. The molecule has 2 rings (SSSR count). The molecule has 1 aromatic heterocycles. The van der Waals surface area contributed by atoms with E-state index in [-0.39, 0.29) is 10.3 Å². The lowest BCUT2D eigenvalue weighted by atomic mass is 10.3. The van der Waals surface area contributed by atoms with Crippen LogP contribution < -0.4 is 4.72 Å². The number of thiophene rings is 1. The van der Waals surface area contributed by atoms with E-state index in [1.807, 2.05) is 6.07 Å². The molecule has 6 heteroatoms. The van der Waals surface area contributed by atoms with E-state index >= 15 is 0 Å². The van der Waals surface area contributed by atoms with Crippen molar-refractivity contribution in [2.45, 2.75) is 35.9 Å². The fourth-order valence-corrected chi connectivity index (χ4v) is 4.27. The van der Waals surface area contributed by atoms with Gasteiger partial charge in [0.05, 0.1) is 0 Å². The summed E-state index contributed by atoms with van der Waals surface area (Å²) in [6.45, 7) is 0. The first-order valence-corrected chi connectivity index (χ1v) is 7.44. The lowest BCUT2D eigenvalue weighted by molar-refractivity contribution is 0.554. The van der Waals surface area contributed by atoms with E-state index < -0.39 is 10.0 Å². The van der Waals surface area contributed by atoms with Crippen molar-refractivity contribution in [3.05, 3.63) is 17.0 Å². The molecule has 1 fully saturated rings. The second-order valence-corrected chi connectivity index (χ2v) is 6.86. The molecule has 86 valence electrons. The van der Waals surface area contributed by atoms with Crippen molar-refractivity contribution in [3.63, 3.8) is 0 Å². The number of nitrogens with one attached hydrogen (secondary N) is 1. The maximum absolute atomic E-state index is 11.9. The average Bonchev–Trinajstić information content (AvgIpc) is 2.85. The fourth-order valence-electron chi connectivity index (χ4n) is 1.85. The lowest BCUT2D eigenvalue weighted by Gasteiger charge is -2.10. The standard InChI is InChI=1S/C10H12N2O2S2/c11-7-9-5-6-10(15-9)16(13,14)12-8-3-1-2-4-8/h5-6,8,12H,1-4H2. The summed E-state index contributed by atoms with van der Waals surface area (Å²) in [5, 5.41) is 8.65. The Bertz CT molecular complexity index is 507. The van der Waals surface area contributed by atoms with Crippen molar-refractivity contribution < 1.29 is 8.42 Å². The van der Waals surface area contributed by atoms with Crippen LogP contribution in [0.3, 0.4) is 0 Å². The number of nitrogens with zero attached hydrogens (tertiary/aromatic N) is 1. The third kappa shape index (κ3) is 2.43. The molecular weight excluding hydrogens is 244 g/mol. The van der Waals surface area contributed by atoms with Crippen LogP contribution in [0, 0.1) is 11.3 Å². The smallest absolute Gasteiger partial charge is 0.207 e. The Hall–Kier alpha value is -0.900. The average molecular weight is 256 g/mol. The van der Waals surface area contributed by atoms with E-state index in [1.54, 1.807) is 0 Å². The largest absolute Gasteiger partial charge is 0.250 e. The Kier molecular flexibility index (Phi) is 3.28. The fraction of sp³-hybridized carbons (Fsp3) is 0.500. The van der Waals surface area contributed by atoms with Gasteiger partial charge < -0.3 is 0 Å². The molecule has 0 aliphatic heterocycles. The summed E-state index contributed by atoms with van der Waals surface area (Å²) >= 11 is 1.01. The van der Waals surface area contributed by atoms with Gasteiger partial charge in [0.15, 0.2) is 0 Å². The monoisotopic (exact) mass is 256 g/mol. The van der Waals surface area contributed by atoms with Crippen LogP contribution in [0.1, 0.15) is 30.6 Å². The normalized spacial score (nSPS) is 17.4. The van der Waals surface area contributed by atoms with E-state index in [2.05, 4.69) is 4.72 Å². The van der Waals surface area contributed by atoms with Crippen molar-refractivity contribution in [1.29, 1.82) is 5.26 Å².